The van der Waals surface area contributed by atoms with Crippen molar-refractivity contribution in [1.82, 2.24) is 0 Å². The van der Waals surface area contributed by atoms with Crippen LogP contribution < -0.4 is 0 Å². The number of furan rings is 1. The van der Waals surface area contributed by atoms with Gasteiger partial charge in [0.2, 0.25) is 0 Å². The van der Waals surface area contributed by atoms with Crippen LogP contribution >= 0.6 is 11.8 Å². The molecule has 0 aliphatic carbocycles. The first-order valence-corrected chi connectivity index (χ1v) is 5.43. The highest BCUT2D eigenvalue weighted by Crippen LogP contribution is 2.27. The highest BCUT2D eigenvalue weighted by Gasteiger charge is 2.18. The standard InChI is InChI=1S/C10H16O2S/c1-4-10(3,11)7-13-9-5-6-12-8(9)2/h5-6,11H,4,7H2,1-3H3. The lowest BCUT2D eigenvalue weighted by Gasteiger charge is -2.19. The number of hydrogen-bond donors (Lipinski definition) is 1. The summed E-state index contributed by atoms with van der Waals surface area (Å²) in [7, 11) is 0. The Morgan fingerprint density at radius 2 is 2.31 bits per heavy atom. The fourth-order valence-electron chi connectivity index (χ4n) is 0.858. The zero-order valence-corrected chi connectivity index (χ0v) is 9.15. The maximum atomic E-state index is 9.76. The Kier molecular flexibility index (Phi) is 3.45. The van der Waals surface area contributed by atoms with Gasteiger partial charge in [0.15, 0.2) is 0 Å². The largest absolute Gasteiger partial charge is 0.468 e. The Hall–Kier alpha value is -0.410. The summed E-state index contributed by atoms with van der Waals surface area (Å²) in [6.45, 7) is 5.78. The van der Waals surface area contributed by atoms with E-state index in [1.807, 2.05) is 26.8 Å². The van der Waals surface area contributed by atoms with Crippen LogP contribution in [0.15, 0.2) is 21.6 Å². The number of thioether (sulfide) groups is 1. The minimum absolute atomic E-state index is 0.575. The van der Waals surface area contributed by atoms with Gasteiger partial charge in [0, 0.05) is 10.6 Å². The third-order valence-electron chi connectivity index (χ3n) is 2.11. The molecule has 0 radical (unpaired) electrons. The molecule has 2 nitrogen and oxygen atoms in total. The number of aryl methyl sites for hydroxylation is 1. The monoisotopic (exact) mass is 200 g/mol. The Bertz CT molecular complexity index is 266. The molecular weight excluding hydrogens is 184 g/mol. The van der Waals surface area contributed by atoms with E-state index in [0.717, 1.165) is 17.1 Å². The number of aliphatic hydroxyl groups is 1. The van der Waals surface area contributed by atoms with E-state index in [0.29, 0.717) is 5.75 Å². The van der Waals surface area contributed by atoms with E-state index in [-0.39, 0.29) is 0 Å². The van der Waals surface area contributed by atoms with Gasteiger partial charge in [0.25, 0.3) is 0 Å². The minimum atomic E-state index is -0.575. The summed E-state index contributed by atoms with van der Waals surface area (Å²) in [5, 5.41) is 9.76. The Morgan fingerprint density at radius 3 is 2.77 bits per heavy atom. The molecule has 0 amide bonds. The summed E-state index contributed by atoms with van der Waals surface area (Å²) >= 11 is 1.64. The van der Waals surface area contributed by atoms with Gasteiger partial charge in [-0.15, -0.1) is 11.8 Å². The Morgan fingerprint density at radius 1 is 1.62 bits per heavy atom. The van der Waals surface area contributed by atoms with Crippen molar-refractivity contribution in [2.75, 3.05) is 5.75 Å². The first-order valence-electron chi connectivity index (χ1n) is 4.44. The molecule has 1 heterocycles. The lowest BCUT2D eigenvalue weighted by atomic mass is 10.1. The van der Waals surface area contributed by atoms with E-state index in [4.69, 9.17) is 4.42 Å². The van der Waals surface area contributed by atoms with Gasteiger partial charge in [0.1, 0.15) is 5.76 Å². The van der Waals surface area contributed by atoms with Crippen molar-refractivity contribution in [3.05, 3.63) is 18.1 Å². The molecule has 0 aliphatic rings. The van der Waals surface area contributed by atoms with E-state index in [2.05, 4.69) is 0 Å². The first-order chi connectivity index (χ1) is 6.05. The van der Waals surface area contributed by atoms with Gasteiger partial charge < -0.3 is 9.52 Å². The third kappa shape index (κ3) is 3.08. The predicted molar refractivity (Wildman–Crippen MR) is 55.1 cm³/mol. The van der Waals surface area contributed by atoms with Gasteiger partial charge >= 0.3 is 0 Å². The first kappa shape index (κ1) is 10.7. The van der Waals surface area contributed by atoms with Crippen molar-refractivity contribution in [2.45, 2.75) is 37.7 Å². The van der Waals surface area contributed by atoms with E-state index in [1.54, 1.807) is 18.0 Å². The summed E-state index contributed by atoms with van der Waals surface area (Å²) in [5.41, 5.74) is -0.575. The molecule has 1 unspecified atom stereocenters. The molecule has 0 fully saturated rings. The molecule has 0 saturated heterocycles. The quantitative estimate of drug-likeness (QED) is 0.759. The van der Waals surface area contributed by atoms with Crippen LogP contribution in [0.4, 0.5) is 0 Å². The second kappa shape index (κ2) is 4.20. The van der Waals surface area contributed by atoms with Crippen LogP contribution in [0.5, 0.6) is 0 Å². The molecular formula is C10H16O2S. The molecule has 0 spiro atoms. The fourth-order valence-corrected chi connectivity index (χ4v) is 1.93. The van der Waals surface area contributed by atoms with Crippen LogP contribution in [-0.2, 0) is 0 Å². The second-order valence-corrected chi connectivity index (χ2v) is 4.50. The van der Waals surface area contributed by atoms with Gasteiger partial charge in [-0.1, -0.05) is 6.92 Å². The van der Waals surface area contributed by atoms with Gasteiger partial charge in [-0.3, -0.25) is 0 Å². The molecule has 0 saturated carbocycles. The van der Waals surface area contributed by atoms with E-state index in [9.17, 15) is 5.11 Å². The maximum absolute atomic E-state index is 9.76. The molecule has 0 aromatic carbocycles. The highest BCUT2D eigenvalue weighted by atomic mass is 32.2. The molecule has 0 aliphatic heterocycles. The molecule has 1 atom stereocenters. The lowest BCUT2D eigenvalue weighted by molar-refractivity contribution is 0.0816. The van der Waals surface area contributed by atoms with Crippen LogP contribution in [0.2, 0.25) is 0 Å². The predicted octanol–water partition coefficient (Wildman–Crippen LogP) is 2.84. The van der Waals surface area contributed by atoms with Crippen LogP contribution in [0.25, 0.3) is 0 Å². The molecule has 1 aromatic heterocycles. The van der Waals surface area contributed by atoms with Gasteiger partial charge in [-0.25, -0.2) is 0 Å². The number of hydrogen-bond acceptors (Lipinski definition) is 3. The molecule has 1 aromatic rings. The molecule has 13 heavy (non-hydrogen) atoms. The summed E-state index contributed by atoms with van der Waals surface area (Å²) in [5.74, 6) is 1.64. The van der Waals surface area contributed by atoms with Gasteiger partial charge in [0.05, 0.1) is 11.9 Å². The molecule has 74 valence electrons. The molecule has 0 bridgehead atoms. The SMILES string of the molecule is CCC(C)(O)CSc1ccoc1C. The van der Waals surface area contributed by atoms with Crippen LogP contribution in [0.3, 0.4) is 0 Å². The summed E-state index contributed by atoms with van der Waals surface area (Å²) < 4.78 is 5.16. The zero-order valence-electron chi connectivity index (χ0n) is 8.33. The summed E-state index contributed by atoms with van der Waals surface area (Å²) in [6, 6.07) is 1.94. The molecule has 1 rings (SSSR count). The van der Waals surface area contributed by atoms with E-state index < -0.39 is 5.60 Å². The van der Waals surface area contributed by atoms with Crippen LogP contribution in [0.1, 0.15) is 26.0 Å². The minimum Gasteiger partial charge on any atom is -0.468 e. The Balaban J connectivity index is 2.48. The normalized spacial score (nSPS) is 15.7. The van der Waals surface area contributed by atoms with Crippen molar-refractivity contribution in [2.24, 2.45) is 0 Å². The van der Waals surface area contributed by atoms with Crippen molar-refractivity contribution < 1.29 is 9.52 Å². The highest BCUT2D eigenvalue weighted by molar-refractivity contribution is 7.99. The summed E-state index contributed by atoms with van der Waals surface area (Å²) in [4.78, 5) is 1.12. The number of rotatable bonds is 4. The van der Waals surface area contributed by atoms with Crippen molar-refractivity contribution in [3.63, 3.8) is 0 Å². The topological polar surface area (TPSA) is 33.4 Å². The average Bonchev–Trinajstić information content (AvgIpc) is 2.48. The van der Waals surface area contributed by atoms with Crippen molar-refractivity contribution in [3.8, 4) is 0 Å². The van der Waals surface area contributed by atoms with Crippen LogP contribution in [0, 0.1) is 6.92 Å². The summed E-state index contributed by atoms with van der Waals surface area (Å²) in [6.07, 6.45) is 2.45. The second-order valence-electron chi connectivity index (χ2n) is 3.48. The smallest absolute Gasteiger partial charge is 0.114 e. The van der Waals surface area contributed by atoms with Gasteiger partial charge in [-0.2, -0.15) is 0 Å². The molecule has 3 heteroatoms. The average molecular weight is 200 g/mol. The van der Waals surface area contributed by atoms with E-state index in [1.165, 1.54) is 0 Å². The Labute approximate surface area is 83.3 Å². The fraction of sp³-hybridized carbons (Fsp3) is 0.600. The molecule has 1 N–H and O–H groups in total. The van der Waals surface area contributed by atoms with Crippen LogP contribution in [-0.4, -0.2) is 16.5 Å². The maximum Gasteiger partial charge on any atom is 0.114 e. The lowest BCUT2D eigenvalue weighted by Crippen LogP contribution is -2.25. The third-order valence-corrected chi connectivity index (χ3v) is 3.61. The van der Waals surface area contributed by atoms with Crippen molar-refractivity contribution in [1.29, 1.82) is 0 Å². The van der Waals surface area contributed by atoms with Gasteiger partial charge in [-0.05, 0) is 26.3 Å². The van der Waals surface area contributed by atoms with E-state index >= 15 is 0 Å². The zero-order chi connectivity index (χ0) is 9.90. The van der Waals surface area contributed by atoms with Crippen molar-refractivity contribution >= 4 is 11.8 Å².